The summed E-state index contributed by atoms with van der Waals surface area (Å²) in [6, 6.07) is 45.3. The van der Waals surface area contributed by atoms with Crippen LogP contribution in [0.3, 0.4) is 0 Å². The van der Waals surface area contributed by atoms with Crippen molar-refractivity contribution in [2.75, 3.05) is 36.2 Å². The van der Waals surface area contributed by atoms with Crippen LogP contribution in [0.5, 0.6) is 0 Å². The first kappa shape index (κ1) is 47.8. The number of benzene rings is 6. The average Bonchev–Trinajstić information content (AvgIpc) is 3.31. The third-order valence-electron chi connectivity index (χ3n) is 10.8. The van der Waals surface area contributed by atoms with Gasteiger partial charge in [-0.3, -0.25) is 9.59 Å². The van der Waals surface area contributed by atoms with Crippen molar-refractivity contribution < 1.29 is 38.1 Å². The summed E-state index contributed by atoms with van der Waals surface area (Å²) in [6.07, 6.45) is 0.0815. The van der Waals surface area contributed by atoms with Crippen molar-refractivity contribution in [3.8, 4) is 11.1 Å². The Morgan fingerprint density at radius 2 is 0.758 bits per heavy atom. The minimum absolute atomic E-state index is 0.0408. The highest BCUT2D eigenvalue weighted by Crippen LogP contribution is 2.41. The van der Waals surface area contributed by atoms with E-state index in [2.05, 4.69) is 136 Å². The monoisotopic (exact) mass is 884 g/mol. The molecule has 0 aliphatic heterocycles. The summed E-state index contributed by atoms with van der Waals surface area (Å²) in [6.45, 7) is 19.0. The molecule has 0 aliphatic carbocycles. The van der Waals surface area contributed by atoms with Crippen molar-refractivity contribution in [3.63, 3.8) is 0 Å². The molecule has 0 aromatic heterocycles. The summed E-state index contributed by atoms with van der Waals surface area (Å²) in [7, 11) is 0. The van der Waals surface area contributed by atoms with Gasteiger partial charge in [0.2, 0.25) is 0 Å². The van der Waals surface area contributed by atoms with Gasteiger partial charge in [-0.05, 0) is 148 Å². The first-order valence-corrected chi connectivity index (χ1v) is 21.9. The van der Waals surface area contributed by atoms with Crippen LogP contribution in [0.15, 0.2) is 158 Å². The van der Waals surface area contributed by atoms with Crippen molar-refractivity contribution in [1.29, 1.82) is 0 Å². The molecule has 338 valence electrons. The van der Waals surface area contributed by atoms with Gasteiger partial charge in [-0.2, -0.15) is 0 Å². The number of carbonyl (C=O) groups is 4. The Bertz CT molecular complexity index is 2520. The second-order valence-electron chi connectivity index (χ2n) is 16.0. The Morgan fingerprint density at radius 1 is 0.439 bits per heavy atom. The molecule has 0 fully saturated rings. The second kappa shape index (κ2) is 22.3. The molecule has 6 aromatic carbocycles. The maximum absolute atomic E-state index is 12.6. The zero-order valence-corrected chi connectivity index (χ0v) is 38.5. The maximum Gasteiger partial charge on any atom is 0.336 e. The lowest BCUT2D eigenvalue weighted by Gasteiger charge is -2.28. The number of nitrogens with zero attached hydrogens (tertiary/aromatic N) is 2. The summed E-state index contributed by atoms with van der Waals surface area (Å²) in [5, 5.41) is 0. The molecule has 0 unspecified atom stereocenters. The predicted octanol–water partition coefficient (Wildman–Crippen LogP) is 11.9. The Kier molecular flexibility index (Phi) is 16.1. The van der Waals surface area contributed by atoms with Crippen molar-refractivity contribution in [3.05, 3.63) is 191 Å². The van der Waals surface area contributed by atoms with Gasteiger partial charge in [-0.15, -0.1) is 0 Å². The molecule has 0 amide bonds. The van der Waals surface area contributed by atoms with Gasteiger partial charge in [-0.1, -0.05) is 84.9 Å². The molecule has 0 aliphatic rings. The molecule has 10 heteroatoms. The van der Waals surface area contributed by atoms with Crippen LogP contribution in [0, 0.1) is 27.7 Å². The van der Waals surface area contributed by atoms with Gasteiger partial charge < -0.3 is 28.7 Å². The van der Waals surface area contributed by atoms with Gasteiger partial charge >= 0.3 is 23.9 Å². The van der Waals surface area contributed by atoms with Crippen molar-refractivity contribution >= 4 is 58.0 Å². The molecule has 0 saturated carbocycles. The normalized spacial score (nSPS) is 10.7. The van der Waals surface area contributed by atoms with Gasteiger partial charge in [0.05, 0.1) is 37.2 Å². The van der Waals surface area contributed by atoms with Crippen LogP contribution < -0.4 is 9.80 Å². The Hall–Kier alpha value is -7.72. The molecule has 0 bridgehead atoms. The van der Waals surface area contributed by atoms with E-state index >= 15 is 0 Å². The first-order chi connectivity index (χ1) is 31.7. The largest absolute Gasteiger partial charge is 0.463 e. The summed E-state index contributed by atoms with van der Waals surface area (Å²) >= 11 is 0. The van der Waals surface area contributed by atoms with E-state index in [9.17, 15) is 19.2 Å². The van der Waals surface area contributed by atoms with E-state index in [4.69, 9.17) is 18.9 Å². The van der Waals surface area contributed by atoms with E-state index in [-0.39, 0.29) is 50.4 Å². The summed E-state index contributed by atoms with van der Waals surface area (Å²) < 4.78 is 20.4. The van der Waals surface area contributed by atoms with Crippen molar-refractivity contribution in [1.82, 2.24) is 0 Å². The molecule has 6 aromatic rings. The average molecular weight is 885 g/mol. The smallest absolute Gasteiger partial charge is 0.336 e. The molecular weight excluding hydrogens is 829 g/mol. The first-order valence-electron chi connectivity index (χ1n) is 21.9. The van der Waals surface area contributed by atoms with E-state index in [0.29, 0.717) is 0 Å². The molecule has 0 radical (unpaired) electrons. The number of carbonyl (C=O) groups excluding carboxylic acids is 4. The lowest BCUT2D eigenvalue weighted by molar-refractivity contribution is -0.145. The summed E-state index contributed by atoms with van der Waals surface area (Å²) in [5.74, 6) is -2.10. The molecule has 0 saturated heterocycles. The lowest BCUT2D eigenvalue weighted by atomic mass is 9.98. The van der Waals surface area contributed by atoms with Gasteiger partial charge in [0.1, 0.15) is 13.2 Å². The summed E-state index contributed by atoms with van der Waals surface area (Å²) in [4.78, 5) is 53.4. The molecule has 0 atom stereocenters. The Labute approximate surface area is 387 Å². The standard InChI is InChI=1S/C56H56N2O8/c1-9-63-55(61)41(7)35-65-53(59)33-43-15-25-49(26-16-43)57(47-21-11-37(3)12-22-47)51-29-19-45(31-39(51)5)46-20-30-52(40(6)32-46)58(48-23-13-38(4)14-24-48)50-27-17-44(18-28-50)34-54(60)66-36-42(8)56(62)64-10-2/h11-32H,7-10,33-36H2,1-6H3. The molecular formula is C56H56N2O8. The zero-order valence-electron chi connectivity index (χ0n) is 38.5. The minimum atomic E-state index is -0.582. The lowest BCUT2D eigenvalue weighted by Crippen LogP contribution is -2.16. The number of hydrogen-bond donors (Lipinski definition) is 0. The second-order valence-corrected chi connectivity index (χ2v) is 16.0. The Morgan fingerprint density at radius 3 is 1.06 bits per heavy atom. The Balaban J connectivity index is 1.22. The van der Waals surface area contributed by atoms with Crippen LogP contribution in [0.2, 0.25) is 0 Å². The summed E-state index contributed by atoms with van der Waals surface area (Å²) in [5.41, 5.74) is 14.1. The van der Waals surface area contributed by atoms with Gasteiger partial charge in [-0.25, -0.2) is 9.59 Å². The highest BCUT2D eigenvalue weighted by atomic mass is 16.6. The van der Waals surface area contributed by atoms with Gasteiger partial charge in [0, 0.05) is 34.1 Å². The third kappa shape index (κ3) is 12.3. The molecule has 0 N–H and O–H groups in total. The SMILES string of the molecule is C=C(COC(=O)Cc1ccc(N(c2ccc(C)cc2)c2ccc(-c3ccc(N(c4ccc(C)cc4)c4ccc(CC(=O)OCC(=C)C(=O)OCC)cc4)c(C)c3)cc2C)cc1)C(=O)OCC. The fourth-order valence-electron chi connectivity index (χ4n) is 7.29. The minimum Gasteiger partial charge on any atom is -0.463 e. The van der Waals surface area contributed by atoms with Gasteiger partial charge in [0.15, 0.2) is 0 Å². The van der Waals surface area contributed by atoms with Crippen LogP contribution in [0.1, 0.15) is 47.2 Å². The number of hydrogen-bond acceptors (Lipinski definition) is 10. The van der Waals surface area contributed by atoms with E-state index in [1.807, 2.05) is 48.5 Å². The number of ether oxygens (including phenoxy) is 4. The molecule has 66 heavy (non-hydrogen) atoms. The molecule has 10 nitrogen and oxygen atoms in total. The topological polar surface area (TPSA) is 112 Å². The third-order valence-corrected chi connectivity index (χ3v) is 10.8. The fourth-order valence-corrected chi connectivity index (χ4v) is 7.29. The van der Waals surface area contributed by atoms with E-state index in [0.717, 1.165) is 78.6 Å². The van der Waals surface area contributed by atoms with Crippen LogP contribution in [0.25, 0.3) is 11.1 Å². The van der Waals surface area contributed by atoms with E-state index in [1.54, 1.807) is 13.8 Å². The molecule has 6 rings (SSSR count). The molecule has 0 heterocycles. The van der Waals surface area contributed by atoms with E-state index in [1.165, 1.54) is 0 Å². The number of rotatable bonds is 19. The highest BCUT2D eigenvalue weighted by Gasteiger charge is 2.20. The van der Waals surface area contributed by atoms with Crippen molar-refractivity contribution in [2.45, 2.75) is 54.4 Å². The predicted molar refractivity (Wildman–Crippen MR) is 261 cm³/mol. The number of esters is 4. The van der Waals surface area contributed by atoms with Gasteiger partial charge in [0.25, 0.3) is 0 Å². The van der Waals surface area contributed by atoms with E-state index < -0.39 is 23.9 Å². The number of anilines is 6. The highest BCUT2D eigenvalue weighted by molar-refractivity contribution is 5.89. The van der Waals surface area contributed by atoms with Crippen LogP contribution in [0.4, 0.5) is 34.1 Å². The zero-order chi connectivity index (χ0) is 47.3. The van der Waals surface area contributed by atoms with Crippen LogP contribution in [-0.2, 0) is 51.0 Å². The number of aryl methyl sites for hydroxylation is 4. The van der Waals surface area contributed by atoms with Crippen LogP contribution >= 0.6 is 0 Å². The molecule has 0 spiro atoms. The van der Waals surface area contributed by atoms with Crippen LogP contribution in [-0.4, -0.2) is 50.3 Å². The van der Waals surface area contributed by atoms with Crippen molar-refractivity contribution in [2.24, 2.45) is 0 Å². The maximum atomic E-state index is 12.6. The quantitative estimate of drug-likeness (QED) is 0.0443. The fraction of sp³-hybridized carbons (Fsp3) is 0.214.